The van der Waals surface area contributed by atoms with E-state index in [1.165, 1.54) is 4.31 Å². The molecule has 0 aliphatic rings. The van der Waals surface area contributed by atoms with Crippen molar-refractivity contribution < 1.29 is 27.4 Å². The lowest BCUT2D eigenvalue weighted by Gasteiger charge is -2.25. The minimum atomic E-state index is -3.86. The third kappa shape index (κ3) is 7.28. The van der Waals surface area contributed by atoms with Gasteiger partial charge in [0.25, 0.3) is 0 Å². The van der Waals surface area contributed by atoms with Crippen LogP contribution in [0.1, 0.15) is 43.0 Å². The van der Waals surface area contributed by atoms with Gasteiger partial charge in [0.15, 0.2) is 0 Å². The SMILES string of the molecule is COc1cc(C)c(S(=O)(=O)N(CCOCC(=O)OC(C)(C)C)Cc2ccccc2)c(C)c1C. The lowest BCUT2D eigenvalue weighted by molar-refractivity contribution is -0.160. The molecule has 0 radical (unpaired) electrons. The summed E-state index contributed by atoms with van der Waals surface area (Å²) in [6.45, 7) is 10.8. The zero-order valence-corrected chi connectivity index (χ0v) is 21.4. The van der Waals surface area contributed by atoms with Crippen LogP contribution in [-0.2, 0) is 30.8 Å². The van der Waals surface area contributed by atoms with Gasteiger partial charge in [-0.25, -0.2) is 13.2 Å². The Morgan fingerprint density at radius 3 is 2.24 bits per heavy atom. The van der Waals surface area contributed by atoms with Crippen LogP contribution in [0.3, 0.4) is 0 Å². The average Bonchev–Trinajstić information content (AvgIpc) is 2.72. The molecular formula is C25H35NO6S. The Bertz CT molecular complexity index is 1060. The van der Waals surface area contributed by atoms with Crippen LogP contribution in [0.4, 0.5) is 0 Å². The number of esters is 1. The van der Waals surface area contributed by atoms with E-state index < -0.39 is 21.6 Å². The summed E-state index contributed by atoms with van der Waals surface area (Å²) in [4.78, 5) is 12.2. The summed E-state index contributed by atoms with van der Waals surface area (Å²) >= 11 is 0. The topological polar surface area (TPSA) is 82.1 Å². The highest BCUT2D eigenvalue weighted by molar-refractivity contribution is 7.89. The van der Waals surface area contributed by atoms with E-state index in [1.807, 2.05) is 37.3 Å². The second-order valence-electron chi connectivity index (χ2n) is 8.94. The second-order valence-corrected chi connectivity index (χ2v) is 10.8. The van der Waals surface area contributed by atoms with Gasteiger partial charge >= 0.3 is 5.97 Å². The normalized spacial score (nSPS) is 12.1. The highest BCUT2D eigenvalue weighted by atomic mass is 32.2. The van der Waals surface area contributed by atoms with Gasteiger partial charge in [0.1, 0.15) is 18.0 Å². The molecule has 7 nitrogen and oxygen atoms in total. The largest absolute Gasteiger partial charge is 0.496 e. The zero-order valence-electron chi connectivity index (χ0n) is 20.6. The minimum absolute atomic E-state index is 0.0541. The van der Waals surface area contributed by atoms with Crippen molar-refractivity contribution in [2.24, 2.45) is 0 Å². The Morgan fingerprint density at radius 1 is 1.03 bits per heavy atom. The van der Waals surface area contributed by atoms with Crippen molar-refractivity contribution >= 4 is 16.0 Å². The number of carbonyl (C=O) groups is 1. The van der Waals surface area contributed by atoms with Crippen LogP contribution in [0, 0.1) is 20.8 Å². The van der Waals surface area contributed by atoms with Gasteiger partial charge in [0.05, 0.1) is 18.6 Å². The predicted octanol–water partition coefficient (Wildman–Crippen LogP) is 4.17. The van der Waals surface area contributed by atoms with Crippen molar-refractivity contribution in [3.63, 3.8) is 0 Å². The van der Waals surface area contributed by atoms with E-state index in [4.69, 9.17) is 14.2 Å². The fourth-order valence-corrected chi connectivity index (χ4v) is 5.42. The Morgan fingerprint density at radius 2 is 1.67 bits per heavy atom. The Balaban J connectivity index is 2.28. The number of sulfonamides is 1. The Hall–Kier alpha value is -2.42. The van der Waals surface area contributed by atoms with Crippen molar-refractivity contribution in [1.82, 2.24) is 4.31 Å². The van der Waals surface area contributed by atoms with Crippen molar-refractivity contribution in [3.8, 4) is 5.75 Å². The summed E-state index contributed by atoms with van der Waals surface area (Å²) in [7, 11) is -2.29. The molecule has 0 atom stereocenters. The van der Waals surface area contributed by atoms with Gasteiger partial charge in [-0.3, -0.25) is 0 Å². The molecule has 0 saturated carbocycles. The van der Waals surface area contributed by atoms with Crippen molar-refractivity contribution in [2.45, 2.75) is 58.6 Å². The summed E-state index contributed by atoms with van der Waals surface area (Å²) in [6, 6.07) is 11.1. The molecule has 2 aromatic rings. The number of carbonyl (C=O) groups excluding carboxylic acids is 1. The zero-order chi connectivity index (χ0) is 24.8. The molecule has 2 rings (SSSR count). The lowest BCUT2D eigenvalue weighted by atomic mass is 10.1. The molecule has 8 heteroatoms. The molecule has 0 aliphatic heterocycles. The minimum Gasteiger partial charge on any atom is -0.496 e. The first-order valence-corrected chi connectivity index (χ1v) is 12.3. The number of benzene rings is 2. The second kappa shape index (κ2) is 11.1. The highest BCUT2D eigenvalue weighted by Crippen LogP contribution is 2.32. The molecule has 0 spiro atoms. The summed E-state index contributed by atoms with van der Waals surface area (Å²) < 4.78 is 45.0. The molecule has 0 fully saturated rings. The summed E-state index contributed by atoms with van der Waals surface area (Å²) in [6.07, 6.45) is 0. The molecule has 182 valence electrons. The molecule has 2 aromatic carbocycles. The van der Waals surface area contributed by atoms with Crippen LogP contribution >= 0.6 is 0 Å². The predicted molar refractivity (Wildman–Crippen MR) is 128 cm³/mol. The molecule has 0 unspecified atom stereocenters. The monoisotopic (exact) mass is 477 g/mol. The van der Waals surface area contributed by atoms with Crippen LogP contribution in [0.15, 0.2) is 41.3 Å². The Labute approximate surface area is 197 Å². The summed E-state index contributed by atoms with van der Waals surface area (Å²) in [5.41, 5.74) is 2.29. The van der Waals surface area contributed by atoms with Crippen LogP contribution < -0.4 is 4.74 Å². The number of aryl methyl sites for hydroxylation is 1. The van der Waals surface area contributed by atoms with E-state index in [0.717, 1.165) is 11.1 Å². The molecule has 0 saturated heterocycles. The lowest BCUT2D eigenvalue weighted by Crippen LogP contribution is -2.35. The summed E-state index contributed by atoms with van der Waals surface area (Å²) in [5, 5.41) is 0. The third-order valence-electron chi connectivity index (χ3n) is 5.12. The van der Waals surface area contributed by atoms with Crippen LogP contribution in [0.2, 0.25) is 0 Å². The van der Waals surface area contributed by atoms with Gasteiger partial charge in [-0.05, 0) is 69.9 Å². The van der Waals surface area contributed by atoms with Crippen molar-refractivity contribution in [3.05, 3.63) is 58.7 Å². The maximum absolute atomic E-state index is 13.8. The molecule has 0 aromatic heterocycles. The van der Waals surface area contributed by atoms with E-state index in [9.17, 15) is 13.2 Å². The molecule has 0 heterocycles. The number of ether oxygens (including phenoxy) is 3. The molecular weight excluding hydrogens is 442 g/mol. The smallest absolute Gasteiger partial charge is 0.332 e. The number of hydrogen-bond acceptors (Lipinski definition) is 6. The maximum atomic E-state index is 13.8. The molecule has 33 heavy (non-hydrogen) atoms. The average molecular weight is 478 g/mol. The molecule has 0 bridgehead atoms. The van der Waals surface area contributed by atoms with Crippen molar-refractivity contribution in [1.29, 1.82) is 0 Å². The molecule has 0 aliphatic carbocycles. The van der Waals surface area contributed by atoms with Crippen LogP contribution in [0.5, 0.6) is 5.75 Å². The van der Waals surface area contributed by atoms with E-state index in [-0.39, 0.29) is 31.2 Å². The maximum Gasteiger partial charge on any atom is 0.332 e. The summed E-state index contributed by atoms with van der Waals surface area (Å²) in [5.74, 6) is 0.164. The Kier molecular flexibility index (Phi) is 9.05. The molecule has 0 N–H and O–H groups in total. The van der Waals surface area contributed by atoms with E-state index in [1.54, 1.807) is 47.8 Å². The van der Waals surface area contributed by atoms with E-state index >= 15 is 0 Å². The number of rotatable bonds is 10. The number of hydrogen-bond donors (Lipinski definition) is 0. The first-order valence-electron chi connectivity index (χ1n) is 10.8. The van der Waals surface area contributed by atoms with Gasteiger partial charge in [-0.1, -0.05) is 30.3 Å². The fraction of sp³-hybridized carbons (Fsp3) is 0.480. The number of nitrogens with zero attached hydrogens (tertiary/aromatic N) is 1. The highest BCUT2D eigenvalue weighted by Gasteiger charge is 2.29. The van der Waals surface area contributed by atoms with E-state index in [0.29, 0.717) is 16.9 Å². The third-order valence-corrected chi connectivity index (χ3v) is 7.26. The first kappa shape index (κ1) is 26.8. The van der Waals surface area contributed by atoms with Gasteiger partial charge in [-0.15, -0.1) is 0 Å². The molecule has 0 amide bonds. The standard InChI is InChI=1S/C25H35NO6S/c1-18-15-22(30-7)19(2)20(3)24(18)33(28,29)26(16-21-11-9-8-10-12-21)13-14-31-17-23(27)32-25(4,5)6/h8-12,15H,13-14,16-17H2,1-7H3. The van der Waals surface area contributed by atoms with Crippen molar-refractivity contribution in [2.75, 3.05) is 26.9 Å². The fourth-order valence-electron chi connectivity index (χ4n) is 3.52. The van der Waals surface area contributed by atoms with E-state index in [2.05, 4.69) is 0 Å². The van der Waals surface area contributed by atoms with Crippen LogP contribution in [0.25, 0.3) is 0 Å². The van der Waals surface area contributed by atoms with Gasteiger partial charge in [-0.2, -0.15) is 4.31 Å². The number of methoxy groups -OCH3 is 1. The van der Waals surface area contributed by atoms with Gasteiger partial charge in [0, 0.05) is 13.1 Å². The van der Waals surface area contributed by atoms with Crippen LogP contribution in [-0.4, -0.2) is 51.2 Å². The van der Waals surface area contributed by atoms with Gasteiger partial charge < -0.3 is 14.2 Å². The van der Waals surface area contributed by atoms with Gasteiger partial charge in [0.2, 0.25) is 10.0 Å². The first-order chi connectivity index (χ1) is 15.4. The quantitative estimate of drug-likeness (QED) is 0.377.